The van der Waals surface area contributed by atoms with Crippen molar-refractivity contribution >= 4 is 33.4 Å². The maximum atomic E-state index is 13.1. The molecular formula is C22H24N4O3S. The van der Waals surface area contributed by atoms with Crippen LogP contribution in [0.5, 0.6) is 0 Å². The molecule has 4 rings (SSSR count). The summed E-state index contributed by atoms with van der Waals surface area (Å²) in [5.74, 6) is -0.710. The molecule has 0 saturated heterocycles. The van der Waals surface area contributed by atoms with Gasteiger partial charge in [-0.1, -0.05) is 30.3 Å². The van der Waals surface area contributed by atoms with Crippen LogP contribution in [0.2, 0.25) is 0 Å². The molecule has 1 aliphatic carbocycles. The second-order valence-electron chi connectivity index (χ2n) is 7.59. The van der Waals surface area contributed by atoms with Crippen molar-refractivity contribution in [3.63, 3.8) is 0 Å². The van der Waals surface area contributed by atoms with E-state index in [1.165, 1.54) is 15.8 Å². The van der Waals surface area contributed by atoms with Gasteiger partial charge in [-0.3, -0.25) is 19.0 Å². The molecule has 1 aliphatic rings. The first-order chi connectivity index (χ1) is 14.5. The van der Waals surface area contributed by atoms with Crippen LogP contribution in [0.15, 0.2) is 41.5 Å². The van der Waals surface area contributed by atoms with Crippen LogP contribution in [0.1, 0.15) is 35.3 Å². The molecule has 0 unspecified atom stereocenters. The van der Waals surface area contributed by atoms with E-state index in [9.17, 15) is 14.4 Å². The van der Waals surface area contributed by atoms with Gasteiger partial charge in [0, 0.05) is 24.4 Å². The third kappa shape index (κ3) is 4.28. The summed E-state index contributed by atoms with van der Waals surface area (Å²) in [5.41, 5.74) is 7.17. The van der Waals surface area contributed by atoms with Crippen molar-refractivity contribution in [1.82, 2.24) is 14.5 Å². The van der Waals surface area contributed by atoms with Gasteiger partial charge in [0.05, 0.1) is 11.7 Å². The zero-order valence-electron chi connectivity index (χ0n) is 16.7. The van der Waals surface area contributed by atoms with Crippen LogP contribution in [-0.4, -0.2) is 32.8 Å². The molecule has 2 N–H and O–H groups in total. The number of hydrogen-bond donors (Lipinski definition) is 1. The first kappa shape index (κ1) is 20.3. The van der Waals surface area contributed by atoms with Crippen molar-refractivity contribution in [3.05, 3.63) is 63.0 Å². The average molecular weight is 425 g/mol. The second kappa shape index (κ2) is 8.79. The molecule has 7 nitrogen and oxygen atoms in total. The quantitative estimate of drug-likeness (QED) is 0.629. The van der Waals surface area contributed by atoms with Gasteiger partial charge in [0.15, 0.2) is 0 Å². The highest BCUT2D eigenvalue weighted by Gasteiger charge is 2.22. The zero-order valence-corrected chi connectivity index (χ0v) is 17.5. The highest BCUT2D eigenvalue weighted by Crippen LogP contribution is 2.33. The fraction of sp³-hybridized carbons (Fsp3) is 0.364. The molecule has 1 aromatic carbocycles. The van der Waals surface area contributed by atoms with Crippen LogP contribution in [0.3, 0.4) is 0 Å². The minimum atomic E-state index is -0.467. The lowest BCUT2D eigenvalue weighted by Crippen LogP contribution is -2.38. The molecule has 2 aromatic heterocycles. The number of carbonyl (C=O) groups is 2. The van der Waals surface area contributed by atoms with Gasteiger partial charge in [-0.15, -0.1) is 11.3 Å². The van der Waals surface area contributed by atoms with Crippen molar-refractivity contribution < 1.29 is 9.59 Å². The SMILES string of the molecule is NC(=O)CCN(Cc1ccccc1)C(=O)Cn1cnc2sc3c(c2c1=O)CCCC3. The number of nitrogens with zero attached hydrogens (tertiary/aromatic N) is 3. The maximum absolute atomic E-state index is 13.1. The predicted molar refractivity (Wildman–Crippen MR) is 116 cm³/mol. The van der Waals surface area contributed by atoms with Gasteiger partial charge in [0.2, 0.25) is 11.8 Å². The summed E-state index contributed by atoms with van der Waals surface area (Å²) < 4.78 is 1.38. The lowest BCUT2D eigenvalue weighted by Gasteiger charge is -2.23. The molecule has 156 valence electrons. The number of fused-ring (bicyclic) bond motifs is 3. The number of carbonyl (C=O) groups excluding carboxylic acids is 2. The van der Waals surface area contributed by atoms with Crippen LogP contribution >= 0.6 is 11.3 Å². The van der Waals surface area contributed by atoms with E-state index < -0.39 is 5.91 Å². The number of thiophene rings is 1. The number of nitrogens with two attached hydrogens (primary N) is 1. The van der Waals surface area contributed by atoms with Crippen molar-refractivity contribution in [2.24, 2.45) is 5.73 Å². The summed E-state index contributed by atoms with van der Waals surface area (Å²) in [7, 11) is 0. The Kier molecular flexibility index (Phi) is 5.94. The first-order valence-electron chi connectivity index (χ1n) is 10.1. The number of hydrogen-bond acceptors (Lipinski definition) is 5. The van der Waals surface area contributed by atoms with Crippen LogP contribution in [0.25, 0.3) is 10.2 Å². The number of aryl methyl sites for hydroxylation is 2. The maximum Gasteiger partial charge on any atom is 0.262 e. The molecule has 0 fully saturated rings. The molecule has 3 aromatic rings. The largest absolute Gasteiger partial charge is 0.370 e. The van der Waals surface area contributed by atoms with Gasteiger partial charge in [-0.2, -0.15) is 0 Å². The van der Waals surface area contributed by atoms with Gasteiger partial charge < -0.3 is 10.6 Å². The number of benzene rings is 1. The summed E-state index contributed by atoms with van der Waals surface area (Å²) in [5, 5.41) is 0.664. The number of amides is 2. The van der Waals surface area contributed by atoms with Gasteiger partial charge in [0.25, 0.3) is 5.56 Å². The smallest absolute Gasteiger partial charge is 0.262 e. The minimum Gasteiger partial charge on any atom is -0.370 e. The highest BCUT2D eigenvalue weighted by molar-refractivity contribution is 7.18. The van der Waals surface area contributed by atoms with Gasteiger partial charge >= 0.3 is 0 Å². The lowest BCUT2D eigenvalue weighted by molar-refractivity contribution is -0.133. The van der Waals surface area contributed by atoms with Crippen LogP contribution in [-0.2, 0) is 35.5 Å². The van der Waals surface area contributed by atoms with Gasteiger partial charge in [-0.05, 0) is 36.8 Å². The van der Waals surface area contributed by atoms with E-state index in [-0.39, 0.29) is 31.0 Å². The van der Waals surface area contributed by atoms with E-state index in [1.807, 2.05) is 30.3 Å². The standard InChI is InChI=1S/C22H24N4O3S/c23-18(27)10-11-25(12-15-6-2-1-3-7-15)19(28)13-26-14-24-21-20(22(26)29)16-8-4-5-9-17(16)30-21/h1-3,6-7,14H,4-5,8-13H2,(H2,23,27). The molecule has 0 spiro atoms. The molecule has 0 radical (unpaired) electrons. The van der Waals surface area contributed by atoms with Crippen molar-refractivity contribution in [2.75, 3.05) is 6.54 Å². The predicted octanol–water partition coefficient (Wildman–Crippen LogP) is 2.24. The monoisotopic (exact) mass is 424 g/mol. The van der Waals surface area contributed by atoms with E-state index in [1.54, 1.807) is 16.2 Å². The van der Waals surface area contributed by atoms with Gasteiger partial charge in [0.1, 0.15) is 11.4 Å². The second-order valence-corrected chi connectivity index (χ2v) is 8.67. The molecule has 0 aliphatic heterocycles. The molecule has 2 amide bonds. The van der Waals surface area contributed by atoms with Crippen molar-refractivity contribution in [2.45, 2.75) is 45.2 Å². The van der Waals surface area contributed by atoms with Crippen LogP contribution < -0.4 is 11.3 Å². The fourth-order valence-electron chi connectivity index (χ4n) is 3.88. The zero-order chi connectivity index (χ0) is 21.1. The van der Waals surface area contributed by atoms with Crippen molar-refractivity contribution in [1.29, 1.82) is 0 Å². The topological polar surface area (TPSA) is 98.3 Å². The van der Waals surface area contributed by atoms with Crippen LogP contribution in [0.4, 0.5) is 0 Å². The van der Waals surface area contributed by atoms with E-state index in [0.717, 1.165) is 41.6 Å². The van der Waals surface area contributed by atoms with E-state index in [2.05, 4.69) is 4.98 Å². The van der Waals surface area contributed by atoms with Crippen LogP contribution in [0, 0.1) is 0 Å². The molecule has 2 heterocycles. The molecule has 0 bridgehead atoms. The number of aromatic nitrogens is 2. The van der Waals surface area contributed by atoms with E-state index in [4.69, 9.17) is 5.73 Å². The van der Waals surface area contributed by atoms with E-state index in [0.29, 0.717) is 11.9 Å². The average Bonchev–Trinajstić information content (AvgIpc) is 3.13. The fourth-order valence-corrected chi connectivity index (χ4v) is 5.10. The Morgan fingerprint density at radius 2 is 1.93 bits per heavy atom. The van der Waals surface area contributed by atoms with Crippen molar-refractivity contribution in [3.8, 4) is 0 Å². The molecular weight excluding hydrogens is 400 g/mol. The number of primary amides is 1. The molecule has 0 atom stereocenters. The summed E-state index contributed by atoms with van der Waals surface area (Å²) in [6, 6.07) is 9.53. The summed E-state index contributed by atoms with van der Waals surface area (Å²) in [6.45, 7) is 0.449. The molecule has 30 heavy (non-hydrogen) atoms. The third-order valence-electron chi connectivity index (χ3n) is 5.44. The lowest BCUT2D eigenvalue weighted by atomic mass is 9.97. The Morgan fingerprint density at radius 3 is 2.70 bits per heavy atom. The minimum absolute atomic E-state index is 0.0722. The summed E-state index contributed by atoms with van der Waals surface area (Å²) in [4.78, 5) is 45.5. The Balaban J connectivity index is 1.59. The Morgan fingerprint density at radius 1 is 1.17 bits per heavy atom. The Bertz CT molecular complexity index is 1140. The summed E-state index contributed by atoms with van der Waals surface area (Å²) in [6.07, 6.45) is 5.63. The Hall–Kier alpha value is -3.00. The Labute approximate surface area is 178 Å². The first-order valence-corrected chi connectivity index (χ1v) is 10.9. The molecule has 0 saturated carbocycles. The molecule has 8 heteroatoms. The normalized spacial score (nSPS) is 13.2. The van der Waals surface area contributed by atoms with Gasteiger partial charge in [-0.25, -0.2) is 4.98 Å². The van der Waals surface area contributed by atoms with E-state index >= 15 is 0 Å². The third-order valence-corrected chi connectivity index (χ3v) is 6.64. The number of rotatable bonds is 7. The highest BCUT2D eigenvalue weighted by atomic mass is 32.1. The summed E-state index contributed by atoms with van der Waals surface area (Å²) >= 11 is 1.59.